The van der Waals surface area contributed by atoms with Crippen LogP contribution in [0.4, 0.5) is 28.3 Å². The van der Waals surface area contributed by atoms with Crippen LogP contribution in [0, 0.1) is 5.82 Å². The van der Waals surface area contributed by atoms with Crippen molar-refractivity contribution in [3.05, 3.63) is 94.8 Å². The van der Waals surface area contributed by atoms with Crippen molar-refractivity contribution in [2.75, 3.05) is 11.9 Å². The van der Waals surface area contributed by atoms with Crippen LogP contribution in [-0.4, -0.2) is 61.4 Å². The molecule has 0 saturated carbocycles. The Kier molecular flexibility index (Phi) is 7.22. The van der Waals surface area contributed by atoms with Crippen molar-refractivity contribution in [3.8, 4) is 0 Å². The van der Waals surface area contributed by atoms with Crippen molar-refractivity contribution >= 4 is 35.0 Å². The fourth-order valence-corrected chi connectivity index (χ4v) is 4.14. The first-order valence-electron chi connectivity index (χ1n) is 11.4. The summed E-state index contributed by atoms with van der Waals surface area (Å²) in [5, 5.41) is 28.4. The Balaban J connectivity index is 0.000000470. The van der Waals surface area contributed by atoms with E-state index in [1.165, 1.54) is 24.1 Å². The predicted octanol–water partition coefficient (Wildman–Crippen LogP) is 4.30. The summed E-state index contributed by atoms with van der Waals surface area (Å²) in [5.74, 6) is -3.37. The number of fused-ring (bicyclic) bond motifs is 2. The topological polar surface area (TPSA) is 147 Å². The number of carbonyl (C=O) groups is 3. The average Bonchev–Trinajstić information content (AvgIpc) is 3.43. The molecule has 0 saturated heterocycles. The van der Waals surface area contributed by atoms with Crippen LogP contribution < -0.4 is 4.90 Å². The standard InChI is InChI=1S/C24H19FN4O4.C2HF3O2/c1-28(23(31)32)22-26-19-11-8-15(12-20(19)27-22)24(33)18-5-3-2-4-17(18)21(30)29(24)13-14-6-9-16(25)10-7-14;3-2(4,5)1(6)7/h2-12,33H,13H2,1H3,(H,26,27)(H,31,32);(H,6,7). The van der Waals surface area contributed by atoms with Crippen molar-refractivity contribution < 1.29 is 47.3 Å². The summed E-state index contributed by atoms with van der Waals surface area (Å²) in [7, 11) is 1.37. The van der Waals surface area contributed by atoms with E-state index in [1.807, 2.05) is 0 Å². The smallest absolute Gasteiger partial charge is 0.475 e. The lowest BCUT2D eigenvalue weighted by Gasteiger charge is -2.35. The lowest BCUT2D eigenvalue weighted by Crippen LogP contribution is -2.44. The third-order valence-corrected chi connectivity index (χ3v) is 6.14. The number of aliphatic carboxylic acids is 1. The number of nitrogens with zero attached hydrogens (tertiary/aromatic N) is 3. The number of aliphatic hydroxyl groups is 1. The molecule has 1 aromatic heterocycles. The van der Waals surface area contributed by atoms with Crippen LogP contribution in [0.5, 0.6) is 0 Å². The largest absolute Gasteiger partial charge is 0.490 e. The molecule has 1 atom stereocenters. The molecular formula is C26H20F4N4O6. The van der Waals surface area contributed by atoms with Crippen LogP contribution in [0.15, 0.2) is 66.7 Å². The second-order valence-corrected chi connectivity index (χ2v) is 8.67. The van der Waals surface area contributed by atoms with Gasteiger partial charge in [0, 0.05) is 30.3 Å². The summed E-state index contributed by atoms with van der Waals surface area (Å²) < 4.78 is 45.1. The van der Waals surface area contributed by atoms with E-state index < -0.39 is 29.8 Å². The molecule has 4 aromatic rings. The zero-order valence-electron chi connectivity index (χ0n) is 20.5. The minimum absolute atomic E-state index is 0.0539. The van der Waals surface area contributed by atoms with Gasteiger partial charge in [-0.3, -0.25) is 14.6 Å². The molecule has 3 aromatic carbocycles. The Morgan fingerprint density at radius 1 is 1.05 bits per heavy atom. The highest BCUT2D eigenvalue weighted by Gasteiger charge is 2.49. The first-order chi connectivity index (χ1) is 18.7. The third-order valence-electron chi connectivity index (χ3n) is 6.14. The number of H-pyrrole nitrogens is 1. The molecule has 0 radical (unpaired) electrons. The van der Waals surface area contributed by atoms with E-state index in [2.05, 4.69) is 9.97 Å². The normalized spacial score (nSPS) is 16.4. The molecule has 10 nitrogen and oxygen atoms in total. The number of amides is 2. The molecule has 1 aliphatic heterocycles. The first kappa shape index (κ1) is 28.0. The van der Waals surface area contributed by atoms with Gasteiger partial charge in [0.2, 0.25) is 5.95 Å². The van der Waals surface area contributed by atoms with Crippen molar-refractivity contribution in [3.63, 3.8) is 0 Å². The lowest BCUT2D eigenvalue weighted by molar-refractivity contribution is -0.192. The highest BCUT2D eigenvalue weighted by atomic mass is 19.4. The van der Waals surface area contributed by atoms with E-state index in [0.717, 1.165) is 4.90 Å². The van der Waals surface area contributed by atoms with Gasteiger partial charge in [-0.2, -0.15) is 13.2 Å². The zero-order chi connectivity index (χ0) is 29.4. The molecule has 0 bridgehead atoms. The molecule has 2 heterocycles. The van der Waals surface area contributed by atoms with Crippen molar-refractivity contribution in [2.45, 2.75) is 18.4 Å². The second-order valence-electron chi connectivity index (χ2n) is 8.67. The maximum absolute atomic E-state index is 13.4. The second kappa shape index (κ2) is 10.3. The SMILES string of the molecule is CN(C(=O)O)c1nc2ccc(C3(O)c4ccccc4C(=O)N3Cc3ccc(F)cc3)cc2[nH]1.O=C(O)C(F)(F)F. The average molecular weight is 560 g/mol. The highest BCUT2D eigenvalue weighted by molar-refractivity contribution is 6.00. The number of nitrogens with one attached hydrogen (secondary N) is 1. The Morgan fingerprint density at radius 3 is 2.27 bits per heavy atom. The van der Waals surface area contributed by atoms with Gasteiger partial charge in [-0.05, 0) is 35.9 Å². The highest BCUT2D eigenvalue weighted by Crippen LogP contribution is 2.43. The van der Waals surface area contributed by atoms with Crippen LogP contribution in [0.25, 0.3) is 11.0 Å². The number of hydrogen-bond donors (Lipinski definition) is 4. The van der Waals surface area contributed by atoms with Gasteiger partial charge in [0.05, 0.1) is 11.0 Å². The van der Waals surface area contributed by atoms with Crippen LogP contribution in [0.2, 0.25) is 0 Å². The molecule has 2 amide bonds. The van der Waals surface area contributed by atoms with Crippen LogP contribution >= 0.6 is 0 Å². The van der Waals surface area contributed by atoms with Crippen LogP contribution in [0.1, 0.15) is 27.0 Å². The number of halogens is 4. The Morgan fingerprint density at radius 2 is 1.68 bits per heavy atom. The number of carboxylic acid groups (broad SMARTS) is 2. The summed E-state index contributed by atoms with van der Waals surface area (Å²) in [6.45, 7) is 0.0539. The molecule has 0 spiro atoms. The number of rotatable bonds is 4. The van der Waals surface area contributed by atoms with Crippen molar-refractivity contribution in [2.24, 2.45) is 0 Å². The van der Waals surface area contributed by atoms with Crippen molar-refractivity contribution in [1.29, 1.82) is 0 Å². The summed E-state index contributed by atoms with van der Waals surface area (Å²) >= 11 is 0. The van der Waals surface area contributed by atoms with E-state index in [4.69, 9.17) is 9.90 Å². The van der Waals surface area contributed by atoms with E-state index >= 15 is 0 Å². The first-order valence-corrected chi connectivity index (χ1v) is 11.4. The van der Waals surface area contributed by atoms with Gasteiger partial charge in [0.15, 0.2) is 5.72 Å². The monoisotopic (exact) mass is 560 g/mol. The number of anilines is 1. The van der Waals surface area contributed by atoms with Gasteiger partial charge in [-0.25, -0.2) is 19.0 Å². The molecule has 14 heteroatoms. The van der Waals surface area contributed by atoms with Crippen molar-refractivity contribution in [1.82, 2.24) is 14.9 Å². The van der Waals surface area contributed by atoms with Crippen LogP contribution in [0.3, 0.4) is 0 Å². The number of hydrogen-bond acceptors (Lipinski definition) is 5. The maximum Gasteiger partial charge on any atom is 0.490 e. The lowest BCUT2D eigenvalue weighted by atomic mass is 9.93. The molecule has 0 aliphatic carbocycles. The number of aromatic nitrogens is 2. The van der Waals surface area contributed by atoms with Gasteiger partial charge < -0.3 is 20.3 Å². The molecular weight excluding hydrogens is 540 g/mol. The maximum atomic E-state index is 13.4. The number of alkyl halides is 3. The van der Waals surface area contributed by atoms with E-state index in [9.17, 15) is 37.4 Å². The van der Waals surface area contributed by atoms with Gasteiger partial charge in [-0.15, -0.1) is 0 Å². The minimum Gasteiger partial charge on any atom is -0.475 e. The van der Waals surface area contributed by atoms with Gasteiger partial charge in [-0.1, -0.05) is 36.4 Å². The third kappa shape index (κ3) is 5.16. The minimum atomic E-state index is -5.08. The quantitative estimate of drug-likeness (QED) is 0.272. The summed E-state index contributed by atoms with van der Waals surface area (Å²) in [5.41, 5.74) is 1.08. The Bertz CT molecular complexity index is 1610. The van der Waals surface area contributed by atoms with E-state index in [0.29, 0.717) is 33.3 Å². The van der Waals surface area contributed by atoms with Gasteiger partial charge in [0.25, 0.3) is 5.91 Å². The Labute approximate surface area is 222 Å². The molecule has 208 valence electrons. The number of carboxylic acids is 1. The Hall–Kier alpha value is -4.98. The summed E-state index contributed by atoms with van der Waals surface area (Å²) in [4.78, 5) is 43.0. The number of carbonyl (C=O) groups excluding carboxylic acids is 1. The summed E-state index contributed by atoms with van der Waals surface area (Å²) in [6.07, 6.45) is -6.26. The predicted molar refractivity (Wildman–Crippen MR) is 132 cm³/mol. The number of aromatic amines is 1. The number of imidazole rings is 1. The van der Waals surface area contributed by atoms with Crippen LogP contribution in [-0.2, 0) is 17.1 Å². The van der Waals surface area contributed by atoms with E-state index in [-0.39, 0.29) is 18.4 Å². The zero-order valence-corrected chi connectivity index (χ0v) is 20.5. The van der Waals surface area contributed by atoms with Gasteiger partial charge in [0.1, 0.15) is 5.82 Å². The molecule has 40 heavy (non-hydrogen) atoms. The fourth-order valence-electron chi connectivity index (χ4n) is 4.14. The molecule has 0 fully saturated rings. The molecule has 5 rings (SSSR count). The number of benzene rings is 3. The summed E-state index contributed by atoms with van der Waals surface area (Å²) in [6, 6.07) is 17.5. The molecule has 4 N–H and O–H groups in total. The van der Waals surface area contributed by atoms with Gasteiger partial charge >= 0.3 is 18.2 Å². The fraction of sp³-hybridized carbons (Fsp3) is 0.154. The van der Waals surface area contributed by atoms with E-state index in [1.54, 1.807) is 54.6 Å². The molecule has 1 unspecified atom stereocenters. The molecule has 1 aliphatic rings.